The first-order valence-electron chi connectivity index (χ1n) is 12.8. The van der Waals surface area contributed by atoms with E-state index in [1.54, 1.807) is 18.6 Å². The van der Waals surface area contributed by atoms with E-state index in [2.05, 4.69) is 37.9 Å². The van der Waals surface area contributed by atoms with Crippen molar-refractivity contribution in [2.24, 2.45) is 0 Å². The van der Waals surface area contributed by atoms with Gasteiger partial charge in [-0.2, -0.15) is 10.2 Å². The molecule has 0 bridgehead atoms. The molecule has 7 heteroatoms. The summed E-state index contributed by atoms with van der Waals surface area (Å²) in [5.41, 5.74) is 7.11. The first-order chi connectivity index (χ1) is 19.9. The molecule has 4 heterocycles. The van der Waals surface area contributed by atoms with Crippen molar-refractivity contribution in [3.05, 3.63) is 140 Å². The number of fused-ring (bicyclic) bond motifs is 4. The van der Waals surface area contributed by atoms with Crippen LogP contribution in [-0.4, -0.2) is 24.7 Å². The standard InChI is InChI=1S/C23H13N4O.C11H8N.Ir/c1-2-7-15(8-3-1)27-20-14-25-24-13-19(20)26-23(27)18-11-6-10-17-16-9-4-5-12-21(16)28-22(17)18;1-2-6-10(7-3-1)11-8-4-5-9-12-11;/h1-10,12-14H;1-6,8-9H;/q2*-1;. The molecule has 0 saturated heterocycles. The molecule has 4 aromatic carbocycles. The Balaban J connectivity index is 0.000000196. The first kappa shape index (κ1) is 26.3. The Bertz CT molecular complexity index is 2020. The summed E-state index contributed by atoms with van der Waals surface area (Å²) in [7, 11) is 0. The van der Waals surface area contributed by atoms with Crippen LogP contribution in [-0.2, 0) is 20.1 Å². The van der Waals surface area contributed by atoms with Crippen LogP contribution in [0.3, 0.4) is 0 Å². The van der Waals surface area contributed by atoms with Crippen LogP contribution in [0.2, 0.25) is 0 Å². The number of para-hydroxylation sites is 2. The van der Waals surface area contributed by atoms with E-state index in [-0.39, 0.29) is 20.1 Å². The molecule has 0 aliphatic heterocycles. The number of aromatic nitrogens is 5. The monoisotopic (exact) mass is 708 g/mol. The maximum absolute atomic E-state index is 6.21. The average Bonchev–Trinajstić information content (AvgIpc) is 3.62. The molecule has 0 amide bonds. The zero-order chi connectivity index (χ0) is 26.7. The van der Waals surface area contributed by atoms with Gasteiger partial charge in [-0.1, -0.05) is 59.5 Å². The van der Waals surface area contributed by atoms with Crippen molar-refractivity contribution in [1.29, 1.82) is 0 Å². The van der Waals surface area contributed by atoms with Gasteiger partial charge in [-0.15, -0.1) is 54.1 Å². The minimum Gasteiger partial charge on any atom is -0.501 e. The molecule has 8 aromatic rings. The summed E-state index contributed by atoms with van der Waals surface area (Å²) in [5.74, 6) is 0.751. The van der Waals surface area contributed by atoms with E-state index < -0.39 is 0 Å². The second-order valence-corrected chi connectivity index (χ2v) is 9.05. The summed E-state index contributed by atoms with van der Waals surface area (Å²) >= 11 is 0. The SMILES string of the molecule is [Ir].[c-]1ccc2c(oc3ccccc32)c1-c1nc2cnncc2n1-c1ccccc1.[c-]1ccccc1-c1ccccn1. The van der Waals surface area contributed by atoms with Crippen molar-refractivity contribution in [2.45, 2.75) is 0 Å². The van der Waals surface area contributed by atoms with E-state index in [1.807, 2.05) is 103 Å². The Morgan fingerprint density at radius 3 is 2.32 bits per heavy atom. The molecule has 0 unspecified atom stereocenters. The summed E-state index contributed by atoms with van der Waals surface area (Å²) < 4.78 is 8.28. The summed E-state index contributed by atoms with van der Waals surface area (Å²) in [6, 6.07) is 42.2. The Kier molecular flexibility index (Phi) is 7.46. The van der Waals surface area contributed by atoms with Gasteiger partial charge >= 0.3 is 0 Å². The molecule has 6 nitrogen and oxygen atoms in total. The van der Waals surface area contributed by atoms with Crippen molar-refractivity contribution in [2.75, 3.05) is 0 Å². The number of imidazole rings is 1. The molecule has 0 aliphatic carbocycles. The van der Waals surface area contributed by atoms with Gasteiger partial charge in [0, 0.05) is 37.4 Å². The Hall–Kier alpha value is -4.97. The van der Waals surface area contributed by atoms with Gasteiger partial charge in [-0.05, 0) is 30.0 Å². The molecule has 0 fully saturated rings. The zero-order valence-electron chi connectivity index (χ0n) is 21.6. The van der Waals surface area contributed by atoms with Crippen LogP contribution in [0.1, 0.15) is 0 Å². The van der Waals surface area contributed by atoms with Crippen LogP contribution < -0.4 is 0 Å². The predicted molar refractivity (Wildman–Crippen MR) is 157 cm³/mol. The van der Waals surface area contributed by atoms with Crippen LogP contribution >= 0.6 is 0 Å². The number of rotatable bonds is 3. The molecule has 41 heavy (non-hydrogen) atoms. The van der Waals surface area contributed by atoms with E-state index in [0.717, 1.165) is 61.3 Å². The molecule has 4 aromatic heterocycles. The average molecular weight is 708 g/mol. The van der Waals surface area contributed by atoms with E-state index >= 15 is 0 Å². The number of hydrogen-bond donors (Lipinski definition) is 0. The fourth-order valence-electron chi connectivity index (χ4n) is 4.78. The van der Waals surface area contributed by atoms with E-state index in [4.69, 9.17) is 9.40 Å². The quantitative estimate of drug-likeness (QED) is 0.176. The third kappa shape index (κ3) is 5.05. The first-order valence-corrected chi connectivity index (χ1v) is 12.8. The normalized spacial score (nSPS) is 10.7. The molecular weight excluding hydrogens is 687 g/mol. The van der Waals surface area contributed by atoms with Gasteiger partial charge in [-0.3, -0.25) is 4.98 Å². The molecule has 0 atom stereocenters. The van der Waals surface area contributed by atoms with Gasteiger partial charge < -0.3 is 14.0 Å². The number of hydrogen-bond acceptors (Lipinski definition) is 5. The summed E-state index contributed by atoms with van der Waals surface area (Å²) in [6.07, 6.45) is 5.20. The second kappa shape index (κ2) is 11.6. The van der Waals surface area contributed by atoms with Crippen molar-refractivity contribution < 1.29 is 24.5 Å². The largest absolute Gasteiger partial charge is 0.501 e. The Labute approximate surface area is 249 Å². The Morgan fingerprint density at radius 1 is 0.683 bits per heavy atom. The fraction of sp³-hybridized carbons (Fsp3) is 0. The maximum atomic E-state index is 6.21. The van der Waals surface area contributed by atoms with Crippen molar-refractivity contribution in [3.8, 4) is 28.3 Å². The van der Waals surface area contributed by atoms with Gasteiger partial charge in [0.2, 0.25) is 0 Å². The van der Waals surface area contributed by atoms with Crippen molar-refractivity contribution >= 4 is 33.0 Å². The molecule has 0 saturated carbocycles. The van der Waals surface area contributed by atoms with Gasteiger partial charge in [0.15, 0.2) is 0 Å². The summed E-state index contributed by atoms with van der Waals surface area (Å²) in [5, 5.41) is 10.2. The fourth-order valence-corrected chi connectivity index (χ4v) is 4.78. The van der Waals surface area contributed by atoms with Crippen LogP contribution in [0.5, 0.6) is 0 Å². The molecule has 0 N–H and O–H groups in total. The number of pyridine rings is 1. The van der Waals surface area contributed by atoms with Gasteiger partial charge in [0.1, 0.15) is 5.58 Å². The smallest absolute Gasteiger partial charge is 0.120 e. The molecule has 0 spiro atoms. The van der Waals surface area contributed by atoms with Crippen molar-refractivity contribution in [3.63, 3.8) is 0 Å². The van der Waals surface area contributed by atoms with Crippen molar-refractivity contribution in [1.82, 2.24) is 24.7 Å². The van der Waals surface area contributed by atoms with E-state index in [0.29, 0.717) is 0 Å². The van der Waals surface area contributed by atoms with E-state index in [9.17, 15) is 0 Å². The summed E-state index contributed by atoms with van der Waals surface area (Å²) in [6.45, 7) is 0. The molecule has 199 valence electrons. The number of nitrogens with zero attached hydrogens (tertiary/aromatic N) is 5. The summed E-state index contributed by atoms with van der Waals surface area (Å²) in [4.78, 5) is 9.07. The predicted octanol–water partition coefficient (Wildman–Crippen LogP) is 7.73. The van der Waals surface area contributed by atoms with Crippen LogP contribution in [0.15, 0.2) is 132 Å². The van der Waals surface area contributed by atoms with Gasteiger partial charge in [0.05, 0.1) is 34.8 Å². The third-order valence-corrected chi connectivity index (χ3v) is 6.59. The molecule has 1 radical (unpaired) electrons. The Morgan fingerprint density at radius 2 is 1.49 bits per heavy atom. The third-order valence-electron chi connectivity index (χ3n) is 6.59. The van der Waals surface area contributed by atoms with Crippen LogP contribution in [0, 0.1) is 12.1 Å². The molecular formula is C34H21IrN5O-2. The zero-order valence-corrected chi connectivity index (χ0v) is 24.0. The van der Waals surface area contributed by atoms with Crippen LogP contribution in [0.25, 0.3) is 61.3 Å². The van der Waals surface area contributed by atoms with Gasteiger partial charge in [-0.25, -0.2) is 0 Å². The number of benzene rings is 4. The minimum absolute atomic E-state index is 0. The molecule has 8 rings (SSSR count). The van der Waals surface area contributed by atoms with E-state index in [1.165, 1.54) is 0 Å². The molecule has 0 aliphatic rings. The second-order valence-electron chi connectivity index (χ2n) is 9.05. The topological polar surface area (TPSA) is 69.6 Å². The number of furan rings is 1. The van der Waals surface area contributed by atoms with Gasteiger partial charge in [0.25, 0.3) is 0 Å². The van der Waals surface area contributed by atoms with Crippen LogP contribution in [0.4, 0.5) is 0 Å². The maximum Gasteiger partial charge on any atom is 0.120 e. The minimum atomic E-state index is 0.